The van der Waals surface area contributed by atoms with E-state index >= 15 is 0 Å². The van der Waals surface area contributed by atoms with Gasteiger partial charge in [0.05, 0.1) is 17.3 Å². The zero-order chi connectivity index (χ0) is 24.2. The second kappa shape index (κ2) is 9.80. The maximum Gasteiger partial charge on any atom is 0.328 e. The van der Waals surface area contributed by atoms with Crippen molar-refractivity contribution in [3.63, 3.8) is 0 Å². The molecule has 0 aliphatic rings. The first-order chi connectivity index (χ1) is 16.3. The Kier molecular flexibility index (Phi) is 6.65. The van der Waals surface area contributed by atoms with Gasteiger partial charge in [0.15, 0.2) is 6.61 Å². The van der Waals surface area contributed by atoms with E-state index in [1.54, 1.807) is 43.4 Å². The van der Waals surface area contributed by atoms with Gasteiger partial charge < -0.3 is 14.1 Å². The molecule has 0 radical (unpaired) electrons. The van der Waals surface area contributed by atoms with Gasteiger partial charge in [-0.25, -0.2) is 4.68 Å². The Morgan fingerprint density at radius 1 is 1.03 bits per heavy atom. The number of esters is 1. The highest BCUT2D eigenvalue weighted by molar-refractivity contribution is 6.30. The molecule has 4 rings (SSSR count). The van der Waals surface area contributed by atoms with E-state index in [0.717, 1.165) is 10.2 Å². The molecular weight excluding hydrogens is 462 g/mol. The van der Waals surface area contributed by atoms with Gasteiger partial charge in [0.2, 0.25) is 0 Å². The molecule has 2 aromatic carbocycles. The Morgan fingerprint density at radius 3 is 2.47 bits per heavy atom. The molecule has 1 N–H and O–H groups in total. The lowest BCUT2D eigenvalue weighted by Crippen LogP contribution is -2.35. The quantitative estimate of drug-likeness (QED) is 0.406. The Bertz CT molecular complexity index is 1470. The zero-order valence-electron chi connectivity index (χ0n) is 18.1. The maximum atomic E-state index is 12.5. The molecule has 0 aliphatic carbocycles. The summed E-state index contributed by atoms with van der Waals surface area (Å²) in [7, 11) is 1.55. The second-order valence-electron chi connectivity index (χ2n) is 7.56. The number of amides is 1. The molecule has 0 spiro atoms. The van der Waals surface area contributed by atoms with Crippen molar-refractivity contribution in [2.75, 3.05) is 13.7 Å². The highest BCUT2D eigenvalue weighted by Gasteiger charge is 2.16. The summed E-state index contributed by atoms with van der Waals surface area (Å²) >= 11 is 5.90. The number of hydrogen-bond acceptors (Lipinski definition) is 6. The topological polar surface area (TPSA) is 115 Å². The molecule has 1 amide bonds. The SMILES string of the molecule is CN(Cc1ccc(-c2ccc(Cl)cc2)o1)C(=O)COC(=O)Cn1[nH]c(=O)c2ccccc2c1=O. The number of likely N-dealkylation sites (N-methyl/N-ethyl adjacent to an activating group) is 1. The Labute approximate surface area is 198 Å². The number of nitrogens with one attached hydrogen (secondary N) is 1. The molecule has 0 atom stereocenters. The summed E-state index contributed by atoms with van der Waals surface area (Å²) in [5, 5.41) is 3.38. The van der Waals surface area contributed by atoms with Crippen molar-refractivity contribution >= 4 is 34.2 Å². The Hall–Kier alpha value is -4.11. The summed E-state index contributed by atoms with van der Waals surface area (Å²) in [6.07, 6.45) is 0. The van der Waals surface area contributed by atoms with Gasteiger partial charge in [-0.3, -0.25) is 24.3 Å². The molecule has 9 nitrogen and oxygen atoms in total. The van der Waals surface area contributed by atoms with Crippen LogP contribution in [0.25, 0.3) is 22.1 Å². The van der Waals surface area contributed by atoms with Crippen LogP contribution in [0.5, 0.6) is 0 Å². The van der Waals surface area contributed by atoms with E-state index in [-0.39, 0.29) is 17.3 Å². The molecule has 0 saturated carbocycles. The normalized spacial score (nSPS) is 10.9. The number of hydrogen-bond donors (Lipinski definition) is 1. The molecule has 174 valence electrons. The van der Waals surface area contributed by atoms with Gasteiger partial charge in [0, 0.05) is 17.6 Å². The van der Waals surface area contributed by atoms with Crippen LogP contribution in [0.3, 0.4) is 0 Å². The van der Waals surface area contributed by atoms with E-state index < -0.39 is 36.1 Å². The van der Waals surface area contributed by atoms with Crippen molar-refractivity contribution in [1.29, 1.82) is 0 Å². The molecule has 10 heteroatoms. The van der Waals surface area contributed by atoms with E-state index in [1.165, 1.54) is 17.0 Å². The minimum atomic E-state index is -0.835. The van der Waals surface area contributed by atoms with Gasteiger partial charge in [0.25, 0.3) is 17.0 Å². The first-order valence-electron chi connectivity index (χ1n) is 10.3. The lowest BCUT2D eigenvalue weighted by Gasteiger charge is -2.16. The number of ether oxygens (including phenoxy) is 1. The Morgan fingerprint density at radius 2 is 1.74 bits per heavy atom. The van der Waals surface area contributed by atoms with Crippen LogP contribution in [-0.4, -0.2) is 40.2 Å². The molecule has 0 fully saturated rings. The number of halogens is 1. The third-order valence-corrected chi connectivity index (χ3v) is 5.39. The van der Waals surface area contributed by atoms with Crippen LogP contribution in [0.1, 0.15) is 5.76 Å². The number of aromatic amines is 1. The minimum absolute atomic E-state index is 0.168. The molecule has 34 heavy (non-hydrogen) atoms. The first-order valence-corrected chi connectivity index (χ1v) is 10.7. The summed E-state index contributed by atoms with van der Waals surface area (Å²) in [5.41, 5.74) is -0.194. The first kappa shape index (κ1) is 23.1. The monoisotopic (exact) mass is 481 g/mol. The van der Waals surface area contributed by atoms with Crippen molar-refractivity contribution in [2.45, 2.75) is 13.1 Å². The second-order valence-corrected chi connectivity index (χ2v) is 8.00. The van der Waals surface area contributed by atoms with Crippen LogP contribution in [0.2, 0.25) is 5.02 Å². The smallest absolute Gasteiger partial charge is 0.328 e. The van der Waals surface area contributed by atoms with Gasteiger partial charge >= 0.3 is 5.97 Å². The van der Waals surface area contributed by atoms with Crippen molar-refractivity contribution in [1.82, 2.24) is 14.7 Å². The fourth-order valence-electron chi connectivity index (χ4n) is 3.34. The lowest BCUT2D eigenvalue weighted by molar-refractivity contribution is -0.152. The van der Waals surface area contributed by atoms with Crippen molar-refractivity contribution in [3.05, 3.63) is 92.2 Å². The number of benzene rings is 2. The largest absolute Gasteiger partial charge is 0.459 e. The summed E-state index contributed by atoms with van der Waals surface area (Å²) in [5.74, 6) is -0.115. The average Bonchev–Trinajstić information content (AvgIpc) is 3.29. The zero-order valence-corrected chi connectivity index (χ0v) is 18.9. The number of H-pyrrole nitrogens is 1. The fourth-order valence-corrected chi connectivity index (χ4v) is 3.47. The molecule has 0 unspecified atom stereocenters. The van der Waals surface area contributed by atoms with Crippen LogP contribution >= 0.6 is 11.6 Å². The standard InChI is InChI=1S/C24H20ClN3O6/c1-27(12-17-10-11-20(34-17)15-6-8-16(25)9-7-15)21(29)14-33-22(30)13-28-24(32)19-5-3-2-4-18(19)23(31)26-28/h2-11H,12-14H2,1H3,(H,26,31). The van der Waals surface area contributed by atoms with Crippen LogP contribution in [-0.2, 0) is 27.4 Å². The summed E-state index contributed by atoms with van der Waals surface area (Å²) in [6, 6.07) is 17.0. The third-order valence-electron chi connectivity index (χ3n) is 5.14. The van der Waals surface area contributed by atoms with Crippen LogP contribution in [0.4, 0.5) is 0 Å². The van der Waals surface area contributed by atoms with E-state index in [4.69, 9.17) is 20.8 Å². The van der Waals surface area contributed by atoms with Crippen molar-refractivity contribution in [2.24, 2.45) is 0 Å². The maximum absolute atomic E-state index is 12.5. The molecule has 2 aromatic heterocycles. The van der Waals surface area contributed by atoms with Gasteiger partial charge in [-0.1, -0.05) is 23.7 Å². The van der Waals surface area contributed by atoms with Gasteiger partial charge in [-0.2, -0.15) is 0 Å². The van der Waals surface area contributed by atoms with Crippen molar-refractivity contribution < 1.29 is 18.7 Å². The number of fused-ring (bicyclic) bond motifs is 1. The number of nitrogens with zero attached hydrogens (tertiary/aromatic N) is 2. The molecule has 2 heterocycles. The fraction of sp³-hybridized carbons (Fsp3) is 0.167. The number of carbonyl (C=O) groups is 2. The minimum Gasteiger partial charge on any atom is -0.459 e. The number of aromatic nitrogens is 2. The summed E-state index contributed by atoms with van der Waals surface area (Å²) < 4.78 is 11.6. The molecular formula is C24H20ClN3O6. The van der Waals surface area contributed by atoms with E-state index in [1.807, 2.05) is 12.1 Å². The average molecular weight is 482 g/mol. The van der Waals surface area contributed by atoms with E-state index in [2.05, 4.69) is 5.10 Å². The highest BCUT2D eigenvalue weighted by Crippen LogP contribution is 2.24. The molecule has 0 aliphatic heterocycles. The van der Waals surface area contributed by atoms with Gasteiger partial charge in [-0.05, 0) is 48.5 Å². The summed E-state index contributed by atoms with van der Waals surface area (Å²) in [4.78, 5) is 50.5. The van der Waals surface area contributed by atoms with Crippen LogP contribution < -0.4 is 11.1 Å². The molecule has 0 bridgehead atoms. The van der Waals surface area contributed by atoms with Crippen molar-refractivity contribution in [3.8, 4) is 11.3 Å². The number of carbonyl (C=O) groups excluding carboxylic acids is 2. The molecule has 4 aromatic rings. The highest BCUT2D eigenvalue weighted by atomic mass is 35.5. The van der Waals surface area contributed by atoms with Gasteiger partial charge in [0.1, 0.15) is 18.1 Å². The predicted molar refractivity (Wildman–Crippen MR) is 125 cm³/mol. The van der Waals surface area contributed by atoms with Crippen LogP contribution in [0, 0.1) is 0 Å². The van der Waals surface area contributed by atoms with Crippen LogP contribution in [0.15, 0.2) is 74.7 Å². The summed E-state index contributed by atoms with van der Waals surface area (Å²) in [6.45, 7) is -0.882. The van der Waals surface area contributed by atoms with Gasteiger partial charge in [-0.15, -0.1) is 0 Å². The third kappa shape index (κ3) is 5.10. The lowest BCUT2D eigenvalue weighted by atomic mass is 10.2. The Balaban J connectivity index is 1.33. The predicted octanol–water partition coefficient (Wildman–Crippen LogP) is 2.80. The number of rotatable bonds is 7. The van der Waals surface area contributed by atoms with E-state index in [9.17, 15) is 19.2 Å². The molecule has 0 saturated heterocycles. The van der Waals surface area contributed by atoms with E-state index in [0.29, 0.717) is 16.5 Å². The number of furan rings is 1.